The van der Waals surface area contributed by atoms with E-state index in [1.54, 1.807) is 24.3 Å². The van der Waals surface area contributed by atoms with Gasteiger partial charge in [0.05, 0.1) is 7.11 Å². The van der Waals surface area contributed by atoms with E-state index in [0.717, 1.165) is 6.42 Å². The molecule has 1 rings (SSSR count). The third-order valence-corrected chi connectivity index (χ3v) is 2.37. The van der Waals surface area contributed by atoms with Crippen LogP contribution in [0.3, 0.4) is 0 Å². The third-order valence-electron chi connectivity index (χ3n) is 2.37. The highest BCUT2D eigenvalue weighted by Crippen LogP contribution is 2.13. The van der Waals surface area contributed by atoms with Crippen LogP contribution in [0, 0.1) is 0 Å². The molecule has 0 spiro atoms. The minimum Gasteiger partial charge on any atom is -0.507 e. The maximum atomic E-state index is 11.4. The minimum atomic E-state index is -0.496. The maximum Gasteiger partial charge on any atom is 0.330 e. The molecule has 0 aliphatic rings. The van der Waals surface area contributed by atoms with Crippen molar-refractivity contribution in [2.75, 3.05) is 7.11 Å². The van der Waals surface area contributed by atoms with Gasteiger partial charge >= 0.3 is 5.97 Å². The van der Waals surface area contributed by atoms with Crippen LogP contribution in [-0.2, 0) is 9.53 Å². The monoisotopic (exact) mass is 235 g/mol. The fraction of sp³-hybridized carbons (Fsp3) is 0.385. The predicted molar refractivity (Wildman–Crippen MR) is 66.4 cm³/mol. The Kier molecular flexibility index (Phi) is 5.20. The summed E-state index contributed by atoms with van der Waals surface area (Å²) >= 11 is 0. The van der Waals surface area contributed by atoms with E-state index in [2.05, 4.69) is 9.73 Å². The first kappa shape index (κ1) is 13.2. The molecule has 0 amide bonds. The number of carbonyl (C=O) groups is 1. The Bertz CT molecular complexity index is 401. The normalized spacial score (nSPS) is 12.6. The van der Waals surface area contributed by atoms with Crippen LogP contribution in [0.25, 0.3) is 0 Å². The van der Waals surface area contributed by atoms with E-state index in [4.69, 9.17) is 0 Å². The summed E-state index contributed by atoms with van der Waals surface area (Å²) in [5.41, 5.74) is 0.595. The zero-order valence-electron chi connectivity index (χ0n) is 10.1. The average molecular weight is 235 g/mol. The molecule has 0 aromatic heterocycles. The van der Waals surface area contributed by atoms with E-state index in [9.17, 15) is 9.90 Å². The smallest absolute Gasteiger partial charge is 0.330 e. The molecule has 17 heavy (non-hydrogen) atoms. The highest BCUT2D eigenvalue weighted by atomic mass is 16.5. The molecule has 4 heteroatoms. The predicted octanol–water partition coefficient (Wildman–Crippen LogP) is 2.15. The molecule has 1 unspecified atom stereocenters. The number of rotatable bonds is 5. The summed E-state index contributed by atoms with van der Waals surface area (Å²) in [4.78, 5) is 15.6. The van der Waals surface area contributed by atoms with Crippen molar-refractivity contribution in [3.8, 4) is 5.75 Å². The number of aliphatic imine (C=N–C) groups is 1. The van der Waals surface area contributed by atoms with Crippen molar-refractivity contribution in [3.63, 3.8) is 0 Å². The molecule has 0 radical (unpaired) electrons. The number of phenols is 1. The van der Waals surface area contributed by atoms with Gasteiger partial charge in [-0.25, -0.2) is 4.79 Å². The quantitative estimate of drug-likeness (QED) is 0.628. The van der Waals surface area contributed by atoms with Gasteiger partial charge in [0.25, 0.3) is 0 Å². The van der Waals surface area contributed by atoms with E-state index in [0.29, 0.717) is 12.0 Å². The van der Waals surface area contributed by atoms with E-state index < -0.39 is 6.04 Å². The van der Waals surface area contributed by atoms with Crippen LogP contribution in [0.4, 0.5) is 0 Å². The second kappa shape index (κ2) is 6.68. The van der Waals surface area contributed by atoms with Crippen LogP contribution >= 0.6 is 0 Å². The molecule has 0 heterocycles. The van der Waals surface area contributed by atoms with Crippen molar-refractivity contribution in [2.45, 2.75) is 25.8 Å². The molecule has 1 atom stereocenters. The molecule has 92 valence electrons. The Morgan fingerprint density at radius 2 is 2.24 bits per heavy atom. The van der Waals surface area contributed by atoms with Gasteiger partial charge in [-0.05, 0) is 18.6 Å². The first-order valence-electron chi connectivity index (χ1n) is 5.58. The SMILES string of the molecule is CCCC(N=Cc1ccccc1O)C(=O)OC. The summed E-state index contributed by atoms with van der Waals surface area (Å²) in [6.07, 6.45) is 2.99. The van der Waals surface area contributed by atoms with Gasteiger partial charge in [-0.2, -0.15) is 0 Å². The molecule has 0 fully saturated rings. The second-order valence-electron chi connectivity index (χ2n) is 3.66. The molecule has 4 nitrogen and oxygen atoms in total. The molecule has 1 aromatic rings. The lowest BCUT2D eigenvalue weighted by molar-refractivity contribution is -0.142. The van der Waals surface area contributed by atoms with Crippen molar-refractivity contribution in [2.24, 2.45) is 4.99 Å². The second-order valence-corrected chi connectivity index (χ2v) is 3.66. The highest BCUT2D eigenvalue weighted by Gasteiger charge is 2.15. The molecule has 0 bridgehead atoms. The van der Waals surface area contributed by atoms with Crippen molar-refractivity contribution in [3.05, 3.63) is 29.8 Å². The lowest BCUT2D eigenvalue weighted by Gasteiger charge is -2.08. The number of carbonyl (C=O) groups excluding carboxylic acids is 1. The van der Waals surface area contributed by atoms with Gasteiger partial charge in [-0.3, -0.25) is 4.99 Å². The van der Waals surface area contributed by atoms with E-state index >= 15 is 0 Å². The van der Waals surface area contributed by atoms with Crippen LogP contribution < -0.4 is 0 Å². The summed E-state index contributed by atoms with van der Waals surface area (Å²) in [5, 5.41) is 9.54. The molecule has 1 aromatic carbocycles. The highest BCUT2D eigenvalue weighted by molar-refractivity contribution is 5.86. The summed E-state index contributed by atoms with van der Waals surface area (Å²) in [6, 6.07) is 6.35. The number of nitrogens with zero attached hydrogens (tertiary/aromatic N) is 1. The van der Waals surface area contributed by atoms with Crippen molar-refractivity contribution in [1.29, 1.82) is 0 Å². The van der Waals surface area contributed by atoms with Gasteiger partial charge in [0.15, 0.2) is 0 Å². The number of hydrogen-bond acceptors (Lipinski definition) is 4. The van der Waals surface area contributed by atoms with Crippen molar-refractivity contribution < 1.29 is 14.6 Å². The number of hydrogen-bond donors (Lipinski definition) is 1. The van der Waals surface area contributed by atoms with Crippen molar-refractivity contribution >= 4 is 12.2 Å². The van der Waals surface area contributed by atoms with Crippen LogP contribution in [0.15, 0.2) is 29.3 Å². The molecule has 0 aliphatic carbocycles. The number of methoxy groups -OCH3 is 1. The number of phenolic OH excluding ortho intramolecular Hbond substituents is 1. The Morgan fingerprint density at radius 1 is 1.53 bits per heavy atom. The number of esters is 1. The summed E-state index contributed by atoms with van der Waals surface area (Å²) in [7, 11) is 1.35. The molecule has 0 aliphatic heterocycles. The van der Waals surface area contributed by atoms with Gasteiger partial charge in [-0.1, -0.05) is 25.5 Å². The lowest BCUT2D eigenvalue weighted by Crippen LogP contribution is -2.20. The first-order valence-corrected chi connectivity index (χ1v) is 5.58. The van der Waals surface area contributed by atoms with E-state index in [1.165, 1.54) is 13.3 Å². The van der Waals surface area contributed by atoms with Gasteiger partial charge in [0, 0.05) is 11.8 Å². The zero-order valence-corrected chi connectivity index (χ0v) is 10.1. The average Bonchev–Trinajstić information content (AvgIpc) is 2.35. The Hall–Kier alpha value is -1.84. The summed E-state index contributed by atoms with van der Waals surface area (Å²) in [6.45, 7) is 1.98. The summed E-state index contributed by atoms with van der Waals surface area (Å²) in [5.74, 6) is -0.199. The third kappa shape index (κ3) is 3.90. The summed E-state index contributed by atoms with van der Waals surface area (Å²) < 4.78 is 4.67. The van der Waals surface area contributed by atoms with Gasteiger partial charge in [-0.15, -0.1) is 0 Å². The Balaban J connectivity index is 2.79. The van der Waals surface area contributed by atoms with Gasteiger partial charge < -0.3 is 9.84 Å². The first-order chi connectivity index (χ1) is 8.19. The molecular weight excluding hydrogens is 218 g/mol. The largest absolute Gasteiger partial charge is 0.507 e. The fourth-order valence-electron chi connectivity index (χ4n) is 1.43. The van der Waals surface area contributed by atoms with Crippen LogP contribution in [-0.4, -0.2) is 30.4 Å². The maximum absolute atomic E-state index is 11.4. The number of aromatic hydroxyl groups is 1. The van der Waals surface area contributed by atoms with Crippen molar-refractivity contribution in [1.82, 2.24) is 0 Å². The van der Waals surface area contributed by atoms with E-state index in [1.807, 2.05) is 6.92 Å². The molecule has 0 saturated heterocycles. The number of benzene rings is 1. The lowest BCUT2D eigenvalue weighted by atomic mass is 10.1. The standard InChI is InChI=1S/C13H17NO3/c1-3-6-11(13(16)17-2)14-9-10-7-4-5-8-12(10)15/h4-5,7-9,11,15H,3,6H2,1-2H3. The molecular formula is C13H17NO3. The number of ether oxygens (including phenoxy) is 1. The Labute approximate surface area is 101 Å². The molecule has 0 saturated carbocycles. The fourth-order valence-corrected chi connectivity index (χ4v) is 1.43. The Morgan fingerprint density at radius 3 is 2.82 bits per heavy atom. The van der Waals surface area contributed by atoms with Crippen LogP contribution in [0.5, 0.6) is 5.75 Å². The number of para-hydroxylation sites is 1. The van der Waals surface area contributed by atoms with Gasteiger partial charge in [0.1, 0.15) is 11.8 Å². The van der Waals surface area contributed by atoms with Crippen LogP contribution in [0.1, 0.15) is 25.3 Å². The van der Waals surface area contributed by atoms with Crippen LogP contribution in [0.2, 0.25) is 0 Å². The van der Waals surface area contributed by atoms with Gasteiger partial charge in [0.2, 0.25) is 0 Å². The topological polar surface area (TPSA) is 58.9 Å². The van der Waals surface area contributed by atoms with E-state index in [-0.39, 0.29) is 11.7 Å². The molecule has 1 N–H and O–H groups in total. The zero-order chi connectivity index (χ0) is 12.7. The minimum absolute atomic E-state index is 0.149.